The first-order valence-electron chi connectivity index (χ1n) is 6.99. The van der Waals surface area contributed by atoms with Gasteiger partial charge in [-0.15, -0.1) is 0 Å². The summed E-state index contributed by atoms with van der Waals surface area (Å²) in [4.78, 5) is -0.322. The number of benzene rings is 1. The largest absolute Gasteiger partial charge is 0.382 e. The van der Waals surface area contributed by atoms with Crippen LogP contribution >= 0.6 is 0 Å². The molecule has 4 nitrogen and oxygen atoms in total. The predicted molar refractivity (Wildman–Crippen MR) is 79.1 cm³/mol. The molecule has 1 aromatic carbocycles. The van der Waals surface area contributed by atoms with Crippen LogP contribution in [0.25, 0.3) is 0 Å². The van der Waals surface area contributed by atoms with E-state index in [2.05, 4.69) is 4.18 Å². The van der Waals surface area contributed by atoms with E-state index in [-0.39, 0.29) is 17.7 Å². The third-order valence-corrected chi connectivity index (χ3v) is 4.74. The lowest BCUT2D eigenvalue weighted by Crippen LogP contribution is -2.33. The van der Waals surface area contributed by atoms with Crippen molar-refractivity contribution in [2.24, 2.45) is 0 Å². The van der Waals surface area contributed by atoms with Crippen molar-refractivity contribution < 1.29 is 30.9 Å². The fourth-order valence-corrected chi connectivity index (χ4v) is 2.89. The first kappa shape index (κ1) is 19.5. The molecule has 1 N–H and O–H groups in total. The topological polar surface area (TPSA) is 63.6 Å². The zero-order chi connectivity index (χ0) is 17.8. The lowest BCUT2D eigenvalue weighted by molar-refractivity contribution is 0.0231. The van der Waals surface area contributed by atoms with Gasteiger partial charge in [0.2, 0.25) is 5.83 Å². The van der Waals surface area contributed by atoms with Gasteiger partial charge in [0.1, 0.15) is 10.5 Å². The van der Waals surface area contributed by atoms with Gasteiger partial charge in [-0.2, -0.15) is 8.42 Å². The number of allylic oxidation sites excluding steroid dienone is 1. The Hall–Kier alpha value is -1.54. The molecule has 0 aliphatic rings. The summed E-state index contributed by atoms with van der Waals surface area (Å²) >= 11 is 0. The fourth-order valence-electron chi connectivity index (χ4n) is 1.87. The minimum absolute atomic E-state index is 0.192. The summed E-state index contributed by atoms with van der Waals surface area (Å²) < 4.78 is 68.1. The molecule has 0 atom stereocenters. The van der Waals surface area contributed by atoms with Gasteiger partial charge in [-0.05, 0) is 31.9 Å². The van der Waals surface area contributed by atoms with Crippen LogP contribution in [0.5, 0.6) is 0 Å². The van der Waals surface area contributed by atoms with Gasteiger partial charge in [-0.1, -0.05) is 31.5 Å². The molecule has 0 radical (unpaired) electrons. The van der Waals surface area contributed by atoms with E-state index in [1.165, 1.54) is 38.1 Å². The summed E-state index contributed by atoms with van der Waals surface area (Å²) in [5.74, 6) is -3.36. The number of rotatable bonds is 7. The van der Waals surface area contributed by atoms with Crippen molar-refractivity contribution >= 4 is 10.1 Å². The molecule has 0 aliphatic heterocycles. The molecule has 130 valence electrons. The van der Waals surface area contributed by atoms with Crippen LogP contribution in [-0.2, 0) is 14.3 Å². The molecule has 0 bridgehead atoms. The van der Waals surface area contributed by atoms with E-state index in [0.717, 1.165) is 5.56 Å². The van der Waals surface area contributed by atoms with Gasteiger partial charge >= 0.3 is 10.1 Å². The van der Waals surface area contributed by atoms with E-state index in [1.807, 2.05) is 0 Å². The Balaban J connectivity index is 3.36. The van der Waals surface area contributed by atoms with Gasteiger partial charge in [-0.25, -0.2) is 13.2 Å². The summed E-state index contributed by atoms with van der Waals surface area (Å²) in [6.07, 6.45) is -3.98. The fraction of sp³-hybridized carbons (Fsp3) is 0.467. The molecular weight excluding hydrogens is 333 g/mol. The summed E-state index contributed by atoms with van der Waals surface area (Å²) in [5.41, 5.74) is -1.37. The molecule has 0 aliphatic carbocycles. The molecule has 23 heavy (non-hydrogen) atoms. The molecule has 0 fully saturated rings. The second kappa shape index (κ2) is 7.35. The van der Waals surface area contributed by atoms with Crippen molar-refractivity contribution in [3.05, 3.63) is 41.4 Å². The van der Waals surface area contributed by atoms with E-state index in [9.17, 15) is 26.7 Å². The Morgan fingerprint density at radius 3 is 2.09 bits per heavy atom. The van der Waals surface area contributed by atoms with E-state index >= 15 is 0 Å². The van der Waals surface area contributed by atoms with Crippen LogP contribution in [0.4, 0.5) is 13.2 Å². The molecule has 0 spiro atoms. The predicted octanol–water partition coefficient (Wildman–Crippen LogP) is 3.70. The Morgan fingerprint density at radius 1 is 1.22 bits per heavy atom. The highest BCUT2D eigenvalue weighted by Gasteiger charge is 2.39. The highest BCUT2D eigenvalue weighted by atomic mass is 32.2. The quantitative estimate of drug-likeness (QED) is 0.600. The highest BCUT2D eigenvalue weighted by Crippen LogP contribution is 2.34. The van der Waals surface area contributed by atoms with Crippen molar-refractivity contribution in [2.45, 2.75) is 50.5 Å². The molecule has 1 rings (SSSR count). The molecule has 0 amide bonds. The average Bonchev–Trinajstić information content (AvgIpc) is 2.51. The minimum Gasteiger partial charge on any atom is -0.382 e. The summed E-state index contributed by atoms with van der Waals surface area (Å²) in [6, 6.07) is 5.38. The van der Waals surface area contributed by atoms with Gasteiger partial charge in [0, 0.05) is 0 Å². The van der Waals surface area contributed by atoms with Crippen LogP contribution in [0.3, 0.4) is 0 Å². The number of alkyl halides is 2. The molecule has 0 heterocycles. The van der Waals surface area contributed by atoms with Gasteiger partial charge in [0.15, 0.2) is 5.76 Å². The summed E-state index contributed by atoms with van der Waals surface area (Å²) in [6.45, 7) is 4.54. The number of hydrogen-bond donors (Lipinski definition) is 1. The highest BCUT2D eigenvalue weighted by molar-refractivity contribution is 7.86. The molecule has 0 saturated carbocycles. The maximum atomic E-state index is 13.7. The van der Waals surface area contributed by atoms with Crippen LogP contribution in [0.1, 0.15) is 32.3 Å². The maximum Gasteiger partial charge on any atom is 0.339 e. The number of aryl methyl sites for hydroxylation is 1. The van der Waals surface area contributed by atoms with Crippen LogP contribution < -0.4 is 0 Å². The van der Waals surface area contributed by atoms with E-state index < -0.39 is 33.7 Å². The van der Waals surface area contributed by atoms with Crippen molar-refractivity contribution in [3.63, 3.8) is 0 Å². The van der Waals surface area contributed by atoms with Crippen molar-refractivity contribution in [1.29, 1.82) is 0 Å². The molecule has 1 aromatic rings. The smallest absolute Gasteiger partial charge is 0.339 e. The minimum atomic E-state index is -4.55. The van der Waals surface area contributed by atoms with Gasteiger partial charge < -0.3 is 9.29 Å². The summed E-state index contributed by atoms with van der Waals surface area (Å²) in [5, 5.41) is 10.2. The van der Waals surface area contributed by atoms with Gasteiger partial charge in [0.25, 0.3) is 6.43 Å². The third kappa shape index (κ3) is 4.48. The van der Waals surface area contributed by atoms with E-state index in [4.69, 9.17) is 0 Å². The third-order valence-electron chi connectivity index (χ3n) is 3.50. The zero-order valence-electron chi connectivity index (χ0n) is 13.0. The second-order valence-corrected chi connectivity index (χ2v) is 6.61. The lowest BCUT2D eigenvalue weighted by atomic mass is 9.94. The maximum absolute atomic E-state index is 13.7. The van der Waals surface area contributed by atoms with Gasteiger partial charge in [0.05, 0.1) is 0 Å². The molecule has 8 heteroatoms. The SMILES string of the molecule is CCC(O)(CC)/C(OS(=O)(=O)c1ccc(C)cc1)=C(\F)C(F)F. The van der Waals surface area contributed by atoms with E-state index in [1.54, 1.807) is 6.92 Å². The Bertz CT molecular complexity index is 662. The van der Waals surface area contributed by atoms with Crippen molar-refractivity contribution in [3.8, 4) is 0 Å². The zero-order valence-corrected chi connectivity index (χ0v) is 13.8. The monoisotopic (exact) mass is 352 g/mol. The first-order chi connectivity index (χ1) is 10.6. The normalized spacial score (nSPS) is 13.9. The van der Waals surface area contributed by atoms with Crippen molar-refractivity contribution in [1.82, 2.24) is 0 Å². The number of hydrogen-bond acceptors (Lipinski definition) is 4. The van der Waals surface area contributed by atoms with Crippen LogP contribution in [0.2, 0.25) is 0 Å². The first-order valence-corrected chi connectivity index (χ1v) is 8.40. The van der Waals surface area contributed by atoms with Crippen LogP contribution in [0, 0.1) is 6.92 Å². The lowest BCUT2D eigenvalue weighted by Gasteiger charge is -2.28. The van der Waals surface area contributed by atoms with Crippen LogP contribution in [0.15, 0.2) is 40.7 Å². The van der Waals surface area contributed by atoms with E-state index in [0.29, 0.717) is 0 Å². The second-order valence-electron chi connectivity index (χ2n) is 5.07. The average molecular weight is 352 g/mol. The standard InChI is InChI=1S/C15H19F3O4S/c1-4-15(19,5-2)13(12(16)14(17)18)22-23(20,21)11-8-6-10(3)7-9-11/h6-9,14,19H,4-5H2,1-3H3/b13-12+. The number of halogens is 3. The molecule has 0 aromatic heterocycles. The number of aliphatic hydroxyl groups is 1. The molecule has 0 saturated heterocycles. The molecule has 0 unspecified atom stereocenters. The summed E-state index contributed by atoms with van der Waals surface area (Å²) in [7, 11) is -4.55. The van der Waals surface area contributed by atoms with Crippen LogP contribution in [-0.4, -0.2) is 25.6 Å². The van der Waals surface area contributed by atoms with Crippen molar-refractivity contribution in [2.75, 3.05) is 0 Å². The Kier molecular flexibility index (Phi) is 6.24. The Morgan fingerprint density at radius 2 is 1.70 bits per heavy atom. The Labute approximate surface area is 133 Å². The van der Waals surface area contributed by atoms with Gasteiger partial charge in [-0.3, -0.25) is 0 Å². The molecular formula is C15H19F3O4S.